The summed E-state index contributed by atoms with van der Waals surface area (Å²) in [5.41, 5.74) is 0.530. The number of methoxy groups -OCH3 is 1. The smallest absolute Gasteiger partial charge is 0.333 e. The van der Waals surface area contributed by atoms with Gasteiger partial charge in [0.05, 0.1) is 12.0 Å². The second-order valence-corrected chi connectivity index (χ2v) is 4.93. The van der Waals surface area contributed by atoms with Crippen molar-refractivity contribution in [3.8, 4) is 5.75 Å². The van der Waals surface area contributed by atoms with Gasteiger partial charge in [-0.05, 0) is 24.5 Å². The van der Waals surface area contributed by atoms with E-state index in [1.54, 1.807) is 18.2 Å². The number of nitro groups is 1. The predicted octanol–water partition coefficient (Wildman–Crippen LogP) is 3.84. The van der Waals surface area contributed by atoms with Crippen molar-refractivity contribution in [2.75, 3.05) is 19.0 Å². The normalized spacial score (nSPS) is 10.5. The van der Waals surface area contributed by atoms with Crippen LogP contribution >= 0.6 is 0 Å². The molecule has 0 amide bonds. The molecule has 1 aromatic rings. The summed E-state index contributed by atoms with van der Waals surface area (Å²) in [7, 11) is 1.44. The summed E-state index contributed by atoms with van der Waals surface area (Å²) >= 11 is 0. The van der Waals surface area contributed by atoms with E-state index in [0.29, 0.717) is 11.6 Å². The molecule has 0 aliphatic heterocycles. The number of unbranched alkanes of at least 4 members (excludes halogenated alkanes) is 1. The van der Waals surface area contributed by atoms with Gasteiger partial charge in [-0.25, -0.2) is 0 Å². The standard InChI is InChI=1S/C14H22N2O3/c1-11(2)7-4-5-10-15-12-8-6-9-13(19-3)14(12)16(17)18/h6,8-9,11,15H,4-5,7,10H2,1-3H3. The summed E-state index contributed by atoms with van der Waals surface area (Å²) in [6.07, 6.45) is 3.32. The number of nitrogens with zero attached hydrogens (tertiary/aromatic N) is 1. The van der Waals surface area contributed by atoms with Gasteiger partial charge in [-0.3, -0.25) is 10.1 Å². The van der Waals surface area contributed by atoms with Crippen LogP contribution in [0.1, 0.15) is 33.1 Å². The molecule has 0 spiro atoms. The van der Waals surface area contributed by atoms with E-state index in [9.17, 15) is 10.1 Å². The molecule has 0 saturated heterocycles. The summed E-state index contributed by atoms with van der Waals surface area (Å²) in [6.45, 7) is 5.13. The summed E-state index contributed by atoms with van der Waals surface area (Å²) in [4.78, 5) is 10.7. The van der Waals surface area contributed by atoms with E-state index in [2.05, 4.69) is 19.2 Å². The Bertz CT molecular complexity index is 419. The maximum atomic E-state index is 11.1. The van der Waals surface area contributed by atoms with E-state index >= 15 is 0 Å². The van der Waals surface area contributed by atoms with Gasteiger partial charge in [0.15, 0.2) is 5.75 Å². The molecule has 106 valence electrons. The molecule has 19 heavy (non-hydrogen) atoms. The molecular weight excluding hydrogens is 244 g/mol. The Morgan fingerprint density at radius 2 is 2.11 bits per heavy atom. The molecule has 1 N–H and O–H groups in total. The highest BCUT2D eigenvalue weighted by Crippen LogP contribution is 2.34. The van der Waals surface area contributed by atoms with Crippen LogP contribution in [0.5, 0.6) is 5.75 Å². The van der Waals surface area contributed by atoms with Gasteiger partial charge in [0, 0.05) is 6.54 Å². The average Bonchev–Trinajstić information content (AvgIpc) is 2.37. The molecule has 0 fully saturated rings. The van der Waals surface area contributed by atoms with Crippen LogP contribution in [-0.2, 0) is 0 Å². The Balaban J connectivity index is 2.60. The third-order valence-corrected chi connectivity index (χ3v) is 2.93. The Morgan fingerprint density at radius 1 is 1.37 bits per heavy atom. The van der Waals surface area contributed by atoms with E-state index in [0.717, 1.165) is 19.4 Å². The molecule has 5 heteroatoms. The van der Waals surface area contributed by atoms with Crippen LogP contribution in [0.2, 0.25) is 0 Å². The fraction of sp³-hybridized carbons (Fsp3) is 0.571. The van der Waals surface area contributed by atoms with Crippen LogP contribution < -0.4 is 10.1 Å². The number of para-hydroxylation sites is 1. The minimum Gasteiger partial charge on any atom is -0.490 e. The topological polar surface area (TPSA) is 64.4 Å². The maximum Gasteiger partial charge on any atom is 0.333 e. The summed E-state index contributed by atoms with van der Waals surface area (Å²) in [5.74, 6) is 0.989. The predicted molar refractivity (Wildman–Crippen MR) is 76.8 cm³/mol. The highest BCUT2D eigenvalue weighted by Gasteiger charge is 2.19. The van der Waals surface area contributed by atoms with Crippen LogP contribution in [-0.4, -0.2) is 18.6 Å². The Hall–Kier alpha value is -1.78. The van der Waals surface area contributed by atoms with Crippen LogP contribution in [0.4, 0.5) is 11.4 Å². The molecule has 0 saturated carbocycles. The molecule has 1 rings (SSSR count). The average molecular weight is 266 g/mol. The van der Waals surface area contributed by atoms with Crippen molar-refractivity contribution in [3.05, 3.63) is 28.3 Å². The van der Waals surface area contributed by atoms with Gasteiger partial charge in [-0.2, -0.15) is 0 Å². The van der Waals surface area contributed by atoms with E-state index in [4.69, 9.17) is 4.74 Å². The third-order valence-electron chi connectivity index (χ3n) is 2.93. The number of benzene rings is 1. The van der Waals surface area contributed by atoms with Crippen molar-refractivity contribution in [1.82, 2.24) is 0 Å². The Labute approximate surface area is 114 Å². The molecule has 0 atom stereocenters. The van der Waals surface area contributed by atoms with Gasteiger partial charge < -0.3 is 10.1 Å². The molecule has 0 heterocycles. The first-order valence-corrected chi connectivity index (χ1v) is 6.61. The highest BCUT2D eigenvalue weighted by molar-refractivity contribution is 5.68. The molecule has 0 radical (unpaired) electrons. The van der Waals surface area contributed by atoms with Gasteiger partial charge in [0.1, 0.15) is 5.69 Å². The quantitative estimate of drug-likeness (QED) is 0.441. The van der Waals surface area contributed by atoms with Crippen molar-refractivity contribution in [3.63, 3.8) is 0 Å². The van der Waals surface area contributed by atoms with Gasteiger partial charge in [-0.15, -0.1) is 0 Å². The zero-order valence-corrected chi connectivity index (χ0v) is 11.8. The van der Waals surface area contributed by atoms with Crippen molar-refractivity contribution < 1.29 is 9.66 Å². The summed E-state index contributed by atoms with van der Waals surface area (Å²) in [5, 5.41) is 14.2. The van der Waals surface area contributed by atoms with Crippen LogP contribution in [0.3, 0.4) is 0 Å². The Morgan fingerprint density at radius 3 is 2.68 bits per heavy atom. The van der Waals surface area contributed by atoms with Crippen LogP contribution in [0, 0.1) is 16.0 Å². The van der Waals surface area contributed by atoms with E-state index in [1.165, 1.54) is 13.5 Å². The van der Waals surface area contributed by atoms with Crippen molar-refractivity contribution >= 4 is 11.4 Å². The van der Waals surface area contributed by atoms with Crippen LogP contribution in [0.15, 0.2) is 18.2 Å². The molecule has 1 aromatic carbocycles. The first-order chi connectivity index (χ1) is 9.06. The fourth-order valence-corrected chi connectivity index (χ4v) is 1.92. The maximum absolute atomic E-state index is 11.1. The zero-order chi connectivity index (χ0) is 14.3. The van der Waals surface area contributed by atoms with E-state index < -0.39 is 4.92 Å². The second kappa shape index (κ2) is 7.61. The van der Waals surface area contributed by atoms with Crippen LogP contribution in [0.25, 0.3) is 0 Å². The molecule has 0 unspecified atom stereocenters. The first-order valence-electron chi connectivity index (χ1n) is 6.61. The third kappa shape index (κ3) is 4.77. The van der Waals surface area contributed by atoms with Gasteiger partial charge in [0.2, 0.25) is 0 Å². The summed E-state index contributed by atoms with van der Waals surface area (Å²) < 4.78 is 5.02. The van der Waals surface area contributed by atoms with Gasteiger partial charge in [-0.1, -0.05) is 32.8 Å². The first kappa shape index (κ1) is 15.3. The number of hydrogen-bond acceptors (Lipinski definition) is 4. The SMILES string of the molecule is COc1cccc(NCCCCC(C)C)c1[N+](=O)[O-]. The van der Waals surface area contributed by atoms with E-state index in [1.807, 2.05) is 0 Å². The number of nitrogens with one attached hydrogen (secondary N) is 1. The zero-order valence-electron chi connectivity index (χ0n) is 11.8. The number of hydrogen-bond donors (Lipinski definition) is 1. The molecule has 0 bridgehead atoms. The van der Waals surface area contributed by atoms with Gasteiger partial charge >= 0.3 is 5.69 Å². The molecule has 0 aliphatic rings. The lowest BCUT2D eigenvalue weighted by atomic mass is 10.1. The molecule has 5 nitrogen and oxygen atoms in total. The van der Waals surface area contributed by atoms with Gasteiger partial charge in [0.25, 0.3) is 0 Å². The lowest BCUT2D eigenvalue weighted by Gasteiger charge is -2.10. The van der Waals surface area contributed by atoms with E-state index in [-0.39, 0.29) is 11.4 Å². The number of rotatable bonds is 8. The van der Waals surface area contributed by atoms with Crippen molar-refractivity contribution in [2.45, 2.75) is 33.1 Å². The van der Waals surface area contributed by atoms with Crippen molar-refractivity contribution in [1.29, 1.82) is 0 Å². The Kier molecular flexibility index (Phi) is 6.12. The molecular formula is C14H22N2O3. The highest BCUT2D eigenvalue weighted by atomic mass is 16.6. The number of nitro benzene ring substituents is 1. The van der Waals surface area contributed by atoms with Crippen molar-refractivity contribution in [2.24, 2.45) is 5.92 Å². The molecule has 0 aliphatic carbocycles. The number of anilines is 1. The largest absolute Gasteiger partial charge is 0.490 e. The second-order valence-electron chi connectivity index (χ2n) is 4.93. The minimum absolute atomic E-state index is 0.00820. The minimum atomic E-state index is -0.407. The monoisotopic (exact) mass is 266 g/mol. The molecule has 0 aromatic heterocycles. The fourth-order valence-electron chi connectivity index (χ4n) is 1.92. The summed E-state index contributed by atoms with van der Waals surface area (Å²) in [6, 6.07) is 5.06. The lowest BCUT2D eigenvalue weighted by Crippen LogP contribution is -2.05. The number of ether oxygens (including phenoxy) is 1. The lowest BCUT2D eigenvalue weighted by molar-refractivity contribution is -0.384.